The SMILES string of the molecule is [2H]c1c([2H])c([2H])c2c(-c3cc4cc(-c5ccccc5)c5ccccc5c4c4ccccc34)c3c([2H])c([2H])c([2H])c([2H])c3c(-c3ccccc3)c2c1[2H]. The van der Waals surface area contributed by atoms with Crippen LogP contribution in [0.5, 0.6) is 0 Å². The lowest BCUT2D eigenvalue weighted by molar-refractivity contribution is 1.66. The fourth-order valence-electron chi connectivity index (χ4n) is 6.83. The predicted octanol–water partition coefficient (Wildman–Crippen LogP) is 12.5. The molecule has 0 saturated carbocycles. The molecule has 0 N–H and O–H groups in total. The van der Waals surface area contributed by atoms with Crippen molar-refractivity contribution >= 4 is 53.9 Å². The molecule has 9 aromatic rings. The summed E-state index contributed by atoms with van der Waals surface area (Å²) in [6.45, 7) is 0. The van der Waals surface area contributed by atoms with Crippen molar-refractivity contribution in [2.45, 2.75) is 0 Å². The van der Waals surface area contributed by atoms with Crippen LogP contribution >= 0.6 is 0 Å². The van der Waals surface area contributed by atoms with Crippen LogP contribution in [0.2, 0.25) is 0 Å². The third-order valence-electron chi connectivity index (χ3n) is 8.65. The second-order valence-electron chi connectivity index (χ2n) is 11.0. The molecule has 0 aromatic heterocycles. The first-order valence-corrected chi connectivity index (χ1v) is 14.6. The van der Waals surface area contributed by atoms with Crippen molar-refractivity contribution < 1.29 is 11.0 Å². The maximum absolute atomic E-state index is 9.41. The first-order chi connectivity index (χ1) is 25.2. The zero-order valence-corrected chi connectivity index (χ0v) is 23.5. The summed E-state index contributed by atoms with van der Waals surface area (Å²) in [4.78, 5) is 0. The summed E-state index contributed by atoms with van der Waals surface area (Å²) in [5.41, 5.74) is 3.96. The van der Waals surface area contributed by atoms with Crippen molar-refractivity contribution in [1.82, 2.24) is 0 Å². The summed E-state index contributed by atoms with van der Waals surface area (Å²) < 4.78 is 72.6. The number of hydrogen-bond donors (Lipinski definition) is 0. The molecule has 0 amide bonds. The summed E-state index contributed by atoms with van der Waals surface area (Å²) in [6.07, 6.45) is 0. The van der Waals surface area contributed by atoms with Crippen LogP contribution in [0.3, 0.4) is 0 Å². The van der Waals surface area contributed by atoms with Gasteiger partial charge in [0, 0.05) is 0 Å². The van der Waals surface area contributed by atoms with E-state index < -0.39 is 24.2 Å². The highest BCUT2D eigenvalue weighted by atomic mass is 14.2. The molecule has 0 aliphatic heterocycles. The van der Waals surface area contributed by atoms with Crippen LogP contribution in [0.15, 0.2) is 170 Å². The highest BCUT2D eigenvalue weighted by Gasteiger charge is 2.20. The molecule has 0 spiro atoms. The molecule has 0 aliphatic carbocycles. The Morgan fingerprint density at radius 1 is 0.341 bits per heavy atom. The molecule has 0 fully saturated rings. The molecule has 204 valence electrons. The third-order valence-corrected chi connectivity index (χ3v) is 8.65. The van der Waals surface area contributed by atoms with Crippen LogP contribution < -0.4 is 0 Å². The Balaban J connectivity index is 1.59. The monoisotopic (exact) mass is 564 g/mol. The second kappa shape index (κ2) is 9.93. The van der Waals surface area contributed by atoms with Crippen LogP contribution in [-0.2, 0) is 0 Å². The lowest BCUT2D eigenvalue weighted by atomic mass is 9.83. The maximum atomic E-state index is 9.41. The number of hydrogen-bond acceptors (Lipinski definition) is 0. The largest absolute Gasteiger partial charge is 0.0629 e. The van der Waals surface area contributed by atoms with Gasteiger partial charge in [-0.25, -0.2) is 0 Å². The van der Waals surface area contributed by atoms with Gasteiger partial charge in [0.05, 0.1) is 11.0 Å². The van der Waals surface area contributed by atoms with Crippen molar-refractivity contribution in [3.05, 3.63) is 170 Å². The minimum atomic E-state index is -0.416. The van der Waals surface area contributed by atoms with Crippen LogP contribution in [0.4, 0.5) is 0 Å². The van der Waals surface area contributed by atoms with E-state index in [1.807, 2.05) is 78.9 Å². The van der Waals surface area contributed by atoms with E-state index in [1.165, 1.54) is 0 Å². The fraction of sp³-hybridized carbons (Fsp3) is 0. The molecule has 0 aliphatic rings. The van der Waals surface area contributed by atoms with E-state index in [0.717, 1.165) is 43.4 Å². The van der Waals surface area contributed by atoms with Gasteiger partial charge in [-0.15, -0.1) is 0 Å². The lowest BCUT2D eigenvalue weighted by Gasteiger charge is -2.20. The zero-order chi connectivity index (χ0) is 36.0. The van der Waals surface area contributed by atoms with Crippen LogP contribution in [0.25, 0.3) is 87.2 Å². The lowest BCUT2D eigenvalue weighted by Crippen LogP contribution is -1.93. The minimum absolute atomic E-state index is 0.205. The Morgan fingerprint density at radius 2 is 0.750 bits per heavy atom. The maximum Gasteiger partial charge on any atom is 0.0629 e. The highest BCUT2D eigenvalue weighted by Crippen LogP contribution is 2.48. The van der Waals surface area contributed by atoms with Crippen molar-refractivity contribution in [2.75, 3.05) is 0 Å². The van der Waals surface area contributed by atoms with Gasteiger partial charge in [0.2, 0.25) is 0 Å². The molecule has 44 heavy (non-hydrogen) atoms. The zero-order valence-electron chi connectivity index (χ0n) is 31.5. The van der Waals surface area contributed by atoms with E-state index in [-0.39, 0.29) is 45.7 Å². The van der Waals surface area contributed by atoms with Gasteiger partial charge in [-0.05, 0) is 99.4 Å². The second-order valence-corrected chi connectivity index (χ2v) is 11.0. The molecule has 0 heteroatoms. The van der Waals surface area contributed by atoms with Crippen molar-refractivity contribution in [3.63, 3.8) is 0 Å². The topological polar surface area (TPSA) is 0 Å². The predicted molar refractivity (Wildman–Crippen MR) is 190 cm³/mol. The van der Waals surface area contributed by atoms with Gasteiger partial charge >= 0.3 is 0 Å². The summed E-state index contributed by atoms with van der Waals surface area (Å²) in [7, 11) is 0. The third kappa shape index (κ3) is 3.71. The first-order valence-electron chi connectivity index (χ1n) is 18.6. The smallest absolute Gasteiger partial charge is 0.0622 e. The van der Waals surface area contributed by atoms with Gasteiger partial charge in [0.15, 0.2) is 0 Å². The van der Waals surface area contributed by atoms with E-state index in [1.54, 1.807) is 12.1 Å². The van der Waals surface area contributed by atoms with Crippen LogP contribution in [-0.4, -0.2) is 0 Å². The van der Waals surface area contributed by atoms with Crippen molar-refractivity contribution in [2.24, 2.45) is 0 Å². The Kier molecular flexibility index (Phi) is 4.08. The van der Waals surface area contributed by atoms with Gasteiger partial charge in [0.1, 0.15) is 0 Å². The number of fused-ring (bicyclic) bond motifs is 7. The Morgan fingerprint density at radius 3 is 1.30 bits per heavy atom. The molecule has 0 heterocycles. The van der Waals surface area contributed by atoms with E-state index in [4.69, 9.17) is 5.48 Å². The summed E-state index contributed by atoms with van der Waals surface area (Å²) in [5.74, 6) is 0. The minimum Gasteiger partial charge on any atom is -0.0622 e. The Hall–Kier alpha value is -5.72. The van der Waals surface area contributed by atoms with Gasteiger partial charge in [-0.2, -0.15) is 0 Å². The van der Waals surface area contributed by atoms with Crippen molar-refractivity contribution in [1.29, 1.82) is 0 Å². The van der Waals surface area contributed by atoms with Crippen LogP contribution in [0, 0.1) is 0 Å². The standard InChI is InChI=1S/C44H28/c1-3-15-29(16-4-1)40-27-31-28-41(33-20-8-10-22-35(33)43(31)34-21-9-7-19-32(34)40)44-38-25-13-11-23-36(38)42(30-17-5-2-6-18-30)37-24-12-14-26-39(37)44/h1-28H/i11D,12D,13D,14D,23D,24D,25D,26D. The number of benzene rings is 9. The molecular formula is C44H28. The Labute approximate surface area is 267 Å². The molecule has 9 rings (SSSR count). The summed E-state index contributed by atoms with van der Waals surface area (Å²) in [5, 5.41) is 6.59. The fourth-order valence-corrected chi connectivity index (χ4v) is 6.83. The van der Waals surface area contributed by atoms with Crippen LogP contribution in [0.1, 0.15) is 11.0 Å². The first kappa shape index (κ1) is 18.1. The van der Waals surface area contributed by atoms with Gasteiger partial charge in [-0.3, -0.25) is 0 Å². The molecule has 0 radical (unpaired) electrons. The molecule has 0 unspecified atom stereocenters. The van der Waals surface area contributed by atoms with E-state index in [0.29, 0.717) is 22.3 Å². The average molecular weight is 565 g/mol. The molecule has 0 atom stereocenters. The molecule has 9 aromatic carbocycles. The summed E-state index contributed by atoms with van der Waals surface area (Å²) >= 11 is 0. The van der Waals surface area contributed by atoms with E-state index in [9.17, 15) is 5.48 Å². The molecule has 0 bridgehead atoms. The Bertz CT molecular complexity index is 2890. The van der Waals surface area contributed by atoms with Gasteiger partial charge in [-0.1, -0.05) is 158 Å². The molecule has 0 saturated heterocycles. The normalized spacial score (nSPS) is 14.2. The van der Waals surface area contributed by atoms with Crippen molar-refractivity contribution in [3.8, 4) is 33.4 Å². The average Bonchev–Trinajstić information content (AvgIpc) is 3.19. The van der Waals surface area contributed by atoms with E-state index in [2.05, 4.69) is 30.3 Å². The summed E-state index contributed by atoms with van der Waals surface area (Å²) in [6, 6.07) is 36.8. The number of rotatable bonds is 3. The molecule has 0 nitrogen and oxygen atoms in total. The quantitative estimate of drug-likeness (QED) is 0.148. The van der Waals surface area contributed by atoms with Gasteiger partial charge in [0.25, 0.3) is 0 Å². The van der Waals surface area contributed by atoms with Gasteiger partial charge < -0.3 is 0 Å². The molecular weight excluding hydrogens is 528 g/mol. The van der Waals surface area contributed by atoms with E-state index >= 15 is 0 Å². The highest BCUT2D eigenvalue weighted by molar-refractivity contribution is 6.29.